The quantitative estimate of drug-likeness (QED) is 0.756. The fourth-order valence-corrected chi connectivity index (χ4v) is 3.04. The Bertz CT molecular complexity index is 625. The molecule has 1 aliphatic rings. The lowest BCUT2D eigenvalue weighted by atomic mass is 9.88. The molecule has 2 aromatic carbocycles. The summed E-state index contributed by atoms with van der Waals surface area (Å²) in [4.78, 5) is 0. The first kappa shape index (κ1) is 13.3. The highest BCUT2D eigenvalue weighted by Crippen LogP contribution is 2.37. The first-order valence-corrected chi connectivity index (χ1v) is 7.04. The van der Waals surface area contributed by atoms with Crippen molar-refractivity contribution in [3.05, 3.63) is 58.1 Å². The lowest BCUT2D eigenvalue weighted by Gasteiger charge is -2.19. The zero-order chi connectivity index (χ0) is 14.1. The Balaban J connectivity index is 2.10. The lowest BCUT2D eigenvalue weighted by Crippen LogP contribution is -2.20. The average molecular weight is 290 g/mol. The predicted octanol–water partition coefficient (Wildman–Crippen LogP) is 3.03. The highest BCUT2D eigenvalue weighted by molar-refractivity contribution is 6.32. The summed E-state index contributed by atoms with van der Waals surface area (Å²) in [5.74, 6) is 0.572. The van der Waals surface area contributed by atoms with Crippen LogP contribution in [0.25, 0.3) is 0 Å². The van der Waals surface area contributed by atoms with Crippen LogP contribution >= 0.6 is 11.6 Å². The van der Waals surface area contributed by atoms with Gasteiger partial charge in [-0.1, -0.05) is 29.8 Å². The van der Waals surface area contributed by atoms with Gasteiger partial charge in [-0.3, -0.25) is 0 Å². The van der Waals surface area contributed by atoms with Gasteiger partial charge in [0.15, 0.2) is 0 Å². The first-order chi connectivity index (χ1) is 9.66. The largest absolute Gasteiger partial charge is 0.508 e. The number of phenols is 2. The van der Waals surface area contributed by atoms with E-state index in [1.807, 2.05) is 18.2 Å². The van der Waals surface area contributed by atoms with E-state index < -0.39 is 0 Å². The van der Waals surface area contributed by atoms with E-state index in [2.05, 4.69) is 5.32 Å². The van der Waals surface area contributed by atoms with Gasteiger partial charge in [-0.15, -0.1) is 0 Å². The molecule has 0 saturated carbocycles. The van der Waals surface area contributed by atoms with Gasteiger partial charge >= 0.3 is 0 Å². The standard InChI is InChI=1S/C16H16ClNO2/c17-16-13-7-8-18-9-14(12(13)5-6-15(16)20)10-1-3-11(19)4-2-10/h1-6,14,18-20H,7-9H2. The van der Waals surface area contributed by atoms with Crippen molar-refractivity contribution in [2.75, 3.05) is 13.1 Å². The number of halogens is 1. The second-order valence-corrected chi connectivity index (χ2v) is 5.44. The van der Waals surface area contributed by atoms with Gasteiger partial charge in [-0.25, -0.2) is 0 Å². The molecule has 1 aliphatic heterocycles. The van der Waals surface area contributed by atoms with Gasteiger partial charge in [0.25, 0.3) is 0 Å². The van der Waals surface area contributed by atoms with Crippen LogP contribution in [0.1, 0.15) is 22.6 Å². The normalized spacial score (nSPS) is 18.4. The van der Waals surface area contributed by atoms with E-state index in [1.165, 1.54) is 0 Å². The molecule has 1 atom stereocenters. The number of nitrogens with one attached hydrogen (secondary N) is 1. The molecular weight excluding hydrogens is 274 g/mol. The van der Waals surface area contributed by atoms with Crippen molar-refractivity contribution in [2.45, 2.75) is 12.3 Å². The lowest BCUT2D eigenvalue weighted by molar-refractivity contribution is 0.474. The number of hydrogen-bond acceptors (Lipinski definition) is 3. The van der Waals surface area contributed by atoms with Crippen molar-refractivity contribution in [3.8, 4) is 11.5 Å². The minimum atomic E-state index is 0.136. The van der Waals surface area contributed by atoms with Crippen LogP contribution in [-0.2, 0) is 6.42 Å². The van der Waals surface area contributed by atoms with Gasteiger partial charge in [0.1, 0.15) is 11.5 Å². The summed E-state index contributed by atoms with van der Waals surface area (Å²) < 4.78 is 0. The summed E-state index contributed by atoms with van der Waals surface area (Å²) in [6, 6.07) is 10.8. The van der Waals surface area contributed by atoms with Crippen LogP contribution in [0.4, 0.5) is 0 Å². The predicted molar refractivity (Wildman–Crippen MR) is 79.6 cm³/mol. The number of benzene rings is 2. The fraction of sp³-hybridized carbons (Fsp3) is 0.250. The molecule has 3 rings (SSSR count). The van der Waals surface area contributed by atoms with Crippen molar-refractivity contribution < 1.29 is 10.2 Å². The second-order valence-electron chi connectivity index (χ2n) is 5.06. The van der Waals surface area contributed by atoms with Crippen molar-refractivity contribution in [2.24, 2.45) is 0 Å². The fourth-order valence-electron chi connectivity index (χ4n) is 2.78. The van der Waals surface area contributed by atoms with E-state index in [4.69, 9.17) is 11.6 Å². The molecule has 4 heteroatoms. The molecule has 2 aromatic rings. The average Bonchev–Trinajstić information content (AvgIpc) is 2.67. The monoisotopic (exact) mass is 289 g/mol. The van der Waals surface area contributed by atoms with Crippen molar-refractivity contribution in [1.82, 2.24) is 5.32 Å². The molecule has 1 heterocycles. The van der Waals surface area contributed by atoms with Crippen LogP contribution < -0.4 is 5.32 Å². The molecule has 104 valence electrons. The van der Waals surface area contributed by atoms with Crippen LogP contribution in [0.15, 0.2) is 36.4 Å². The minimum absolute atomic E-state index is 0.136. The van der Waals surface area contributed by atoms with E-state index in [0.717, 1.165) is 36.2 Å². The highest BCUT2D eigenvalue weighted by atomic mass is 35.5. The zero-order valence-electron chi connectivity index (χ0n) is 10.9. The second kappa shape index (κ2) is 5.35. The summed E-state index contributed by atoms with van der Waals surface area (Å²) in [5, 5.41) is 23.0. The maximum absolute atomic E-state index is 9.77. The molecule has 0 bridgehead atoms. The third-order valence-electron chi connectivity index (χ3n) is 3.83. The van der Waals surface area contributed by atoms with Gasteiger partial charge < -0.3 is 15.5 Å². The summed E-state index contributed by atoms with van der Waals surface area (Å²) in [6.07, 6.45) is 0.803. The van der Waals surface area contributed by atoms with Gasteiger partial charge in [0.05, 0.1) is 5.02 Å². The topological polar surface area (TPSA) is 52.5 Å². The van der Waals surface area contributed by atoms with Crippen LogP contribution in [0, 0.1) is 0 Å². The summed E-state index contributed by atoms with van der Waals surface area (Å²) in [5.41, 5.74) is 3.28. The number of aromatic hydroxyl groups is 2. The van der Waals surface area contributed by atoms with Crippen molar-refractivity contribution in [1.29, 1.82) is 0 Å². The van der Waals surface area contributed by atoms with Gasteiger partial charge in [-0.05, 0) is 47.9 Å². The Hall–Kier alpha value is -1.71. The van der Waals surface area contributed by atoms with Gasteiger partial charge in [0.2, 0.25) is 0 Å². The Morgan fingerprint density at radius 2 is 1.80 bits per heavy atom. The Labute approximate surface area is 122 Å². The first-order valence-electron chi connectivity index (χ1n) is 6.66. The third kappa shape index (κ3) is 2.35. The highest BCUT2D eigenvalue weighted by Gasteiger charge is 2.23. The van der Waals surface area contributed by atoms with E-state index in [-0.39, 0.29) is 17.4 Å². The van der Waals surface area contributed by atoms with Crippen LogP contribution in [0.3, 0.4) is 0 Å². The summed E-state index contributed by atoms with van der Waals surface area (Å²) >= 11 is 6.24. The maximum Gasteiger partial charge on any atom is 0.134 e. The summed E-state index contributed by atoms with van der Waals surface area (Å²) in [6.45, 7) is 1.66. The molecule has 0 saturated heterocycles. The minimum Gasteiger partial charge on any atom is -0.508 e. The van der Waals surface area contributed by atoms with E-state index in [1.54, 1.807) is 18.2 Å². The van der Waals surface area contributed by atoms with E-state index in [9.17, 15) is 10.2 Å². The molecule has 3 nitrogen and oxygen atoms in total. The number of rotatable bonds is 1. The van der Waals surface area contributed by atoms with E-state index in [0.29, 0.717) is 5.02 Å². The molecule has 0 spiro atoms. The Kier molecular flexibility index (Phi) is 3.55. The number of fused-ring (bicyclic) bond motifs is 1. The van der Waals surface area contributed by atoms with E-state index >= 15 is 0 Å². The molecule has 3 N–H and O–H groups in total. The molecule has 0 aromatic heterocycles. The molecule has 20 heavy (non-hydrogen) atoms. The van der Waals surface area contributed by atoms with Gasteiger partial charge in [0, 0.05) is 12.5 Å². The Morgan fingerprint density at radius 1 is 1.05 bits per heavy atom. The van der Waals surface area contributed by atoms with Crippen LogP contribution in [0.2, 0.25) is 5.02 Å². The molecule has 1 unspecified atom stereocenters. The third-order valence-corrected chi connectivity index (χ3v) is 4.25. The van der Waals surface area contributed by atoms with Crippen molar-refractivity contribution in [3.63, 3.8) is 0 Å². The molecule has 0 amide bonds. The van der Waals surface area contributed by atoms with Crippen molar-refractivity contribution >= 4 is 11.6 Å². The Morgan fingerprint density at radius 3 is 2.55 bits per heavy atom. The van der Waals surface area contributed by atoms with Crippen LogP contribution in [0.5, 0.6) is 11.5 Å². The number of hydrogen-bond donors (Lipinski definition) is 3. The molecule has 0 aliphatic carbocycles. The molecular formula is C16H16ClNO2. The molecule has 0 radical (unpaired) electrons. The smallest absolute Gasteiger partial charge is 0.134 e. The molecule has 0 fully saturated rings. The summed E-state index contributed by atoms with van der Waals surface area (Å²) in [7, 11) is 0. The number of phenolic OH excluding ortho intramolecular Hbond substituents is 2. The van der Waals surface area contributed by atoms with Gasteiger partial charge in [-0.2, -0.15) is 0 Å². The van der Waals surface area contributed by atoms with Crippen LogP contribution in [-0.4, -0.2) is 23.3 Å². The SMILES string of the molecule is Oc1ccc(C2CNCCc3c2ccc(O)c3Cl)cc1. The maximum atomic E-state index is 9.77. The zero-order valence-corrected chi connectivity index (χ0v) is 11.7.